The second kappa shape index (κ2) is 5.09. The van der Waals surface area contributed by atoms with Crippen molar-refractivity contribution in [1.82, 2.24) is 0 Å². The van der Waals surface area contributed by atoms with Gasteiger partial charge >= 0.3 is 0 Å². The fourth-order valence-electron chi connectivity index (χ4n) is 2.53. The van der Waals surface area contributed by atoms with Crippen LogP contribution >= 0.6 is 0 Å². The van der Waals surface area contributed by atoms with Crippen molar-refractivity contribution in [2.75, 3.05) is 5.73 Å². The molecular weight excluding hydrogens is 290 g/mol. The second-order valence-electron chi connectivity index (χ2n) is 5.05. The molecule has 21 heavy (non-hydrogen) atoms. The van der Waals surface area contributed by atoms with E-state index in [1.165, 1.54) is 13.8 Å². The number of nitrogen functional groups attached to an aromatic ring is 1. The molecule has 4 N–H and O–H groups in total. The maximum absolute atomic E-state index is 14.1. The van der Waals surface area contributed by atoms with Gasteiger partial charge in [-0.3, -0.25) is 0 Å². The second-order valence-corrected chi connectivity index (χ2v) is 5.05. The minimum atomic E-state index is -3.12. The molecule has 8 heteroatoms. The maximum atomic E-state index is 14.1. The summed E-state index contributed by atoms with van der Waals surface area (Å²) in [6.07, 6.45) is -3.87. The fraction of sp³-hybridized carbons (Fsp3) is 0.462. The van der Waals surface area contributed by atoms with Crippen molar-refractivity contribution in [3.8, 4) is 0 Å². The summed E-state index contributed by atoms with van der Waals surface area (Å²) >= 11 is 0. The number of halogens is 4. The maximum Gasteiger partial charge on any atom is 0.283 e. The van der Waals surface area contributed by atoms with Crippen LogP contribution in [0.1, 0.15) is 19.4 Å². The number of amidine groups is 1. The first kappa shape index (κ1) is 15.4. The Kier molecular flexibility index (Phi) is 3.73. The quantitative estimate of drug-likeness (QED) is 0.651. The van der Waals surface area contributed by atoms with Gasteiger partial charge in [-0.1, -0.05) is 6.92 Å². The lowest BCUT2D eigenvalue weighted by atomic mass is 9.76. The van der Waals surface area contributed by atoms with Crippen molar-refractivity contribution in [3.05, 3.63) is 29.3 Å². The number of nitrogens with zero attached hydrogens (tertiary/aromatic N) is 1. The number of rotatable bonds is 2. The minimum Gasteiger partial charge on any atom is -0.462 e. The molecule has 3 atom stereocenters. The zero-order valence-electron chi connectivity index (χ0n) is 11.4. The molecule has 4 nitrogen and oxygen atoms in total. The van der Waals surface area contributed by atoms with Gasteiger partial charge < -0.3 is 16.2 Å². The van der Waals surface area contributed by atoms with Gasteiger partial charge in [0.1, 0.15) is 6.10 Å². The summed E-state index contributed by atoms with van der Waals surface area (Å²) in [4.78, 5) is 3.62. The SMILES string of the molecule is CC1OC(N)=N[C@](c2cc(N)cc(F)c2F)(C(F)F)[C@@H]1C. The monoisotopic (exact) mass is 305 g/mol. The molecule has 0 saturated heterocycles. The largest absolute Gasteiger partial charge is 0.462 e. The van der Waals surface area contributed by atoms with Crippen molar-refractivity contribution in [3.63, 3.8) is 0 Å². The molecule has 0 aromatic heterocycles. The molecule has 0 aliphatic carbocycles. The summed E-state index contributed by atoms with van der Waals surface area (Å²) in [5.41, 5.74) is 7.71. The van der Waals surface area contributed by atoms with Gasteiger partial charge in [0.25, 0.3) is 12.4 Å². The minimum absolute atomic E-state index is 0.177. The number of anilines is 1. The summed E-state index contributed by atoms with van der Waals surface area (Å²) in [7, 11) is 0. The average Bonchev–Trinajstić information content (AvgIpc) is 2.37. The van der Waals surface area contributed by atoms with Gasteiger partial charge in [0.15, 0.2) is 17.2 Å². The molecule has 1 aromatic rings. The third-order valence-electron chi connectivity index (χ3n) is 3.81. The van der Waals surface area contributed by atoms with E-state index < -0.39 is 47.2 Å². The van der Waals surface area contributed by atoms with E-state index in [4.69, 9.17) is 16.2 Å². The highest BCUT2D eigenvalue weighted by Crippen LogP contribution is 2.46. The van der Waals surface area contributed by atoms with Gasteiger partial charge in [-0.25, -0.2) is 22.6 Å². The van der Waals surface area contributed by atoms with Crippen LogP contribution in [0.15, 0.2) is 17.1 Å². The summed E-state index contributed by atoms with van der Waals surface area (Å²) in [5.74, 6) is -3.67. The predicted octanol–water partition coefficient (Wildman–Crippen LogP) is 2.38. The molecule has 0 radical (unpaired) electrons. The number of hydrogen-bond donors (Lipinski definition) is 2. The topological polar surface area (TPSA) is 73.6 Å². The van der Waals surface area contributed by atoms with Crippen molar-refractivity contribution < 1.29 is 22.3 Å². The molecule has 0 spiro atoms. The molecule has 116 valence electrons. The first-order valence-electron chi connectivity index (χ1n) is 6.25. The fourth-order valence-corrected chi connectivity index (χ4v) is 2.53. The highest BCUT2D eigenvalue weighted by Gasteiger charge is 2.53. The summed E-state index contributed by atoms with van der Waals surface area (Å²) in [6.45, 7) is 2.91. The van der Waals surface area contributed by atoms with Crippen LogP contribution in [0.4, 0.5) is 23.2 Å². The first-order valence-corrected chi connectivity index (χ1v) is 6.25. The van der Waals surface area contributed by atoms with E-state index in [9.17, 15) is 17.6 Å². The van der Waals surface area contributed by atoms with Crippen LogP contribution in [-0.4, -0.2) is 18.6 Å². The van der Waals surface area contributed by atoms with Crippen LogP contribution in [0.5, 0.6) is 0 Å². The molecule has 1 unspecified atom stereocenters. The standard InChI is InChI=1S/C13H15F4N3O/c1-5-6(2)21-12(19)20-13(5,11(16)17)8-3-7(18)4-9(14)10(8)15/h3-6,11H,18H2,1-2H3,(H2,19,20)/t5-,6?,13-/m1/s1. The lowest BCUT2D eigenvalue weighted by Crippen LogP contribution is -2.51. The van der Waals surface area contributed by atoms with E-state index in [-0.39, 0.29) is 5.69 Å². The molecule has 1 aromatic carbocycles. The Morgan fingerprint density at radius 2 is 1.86 bits per heavy atom. The normalized spacial score (nSPS) is 29.2. The third-order valence-corrected chi connectivity index (χ3v) is 3.81. The van der Waals surface area contributed by atoms with Crippen molar-refractivity contribution in [2.45, 2.75) is 31.9 Å². The number of nitrogens with two attached hydrogens (primary N) is 2. The number of alkyl halides is 2. The van der Waals surface area contributed by atoms with Crippen LogP contribution in [-0.2, 0) is 10.3 Å². The van der Waals surface area contributed by atoms with Crippen LogP contribution in [0.25, 0.3) is 0 Å². The van der Waals surface area contributed by atoms with E-state index in [0.717, 1.165) is 12.1 Å². The van der Waals surface area contributed by atoms with E-state index in [2.05, 4.69) is 4.99 Å². The molecule has 0 fully saturated rings. The Morgan fingerprint density at radius 3 is 2.43 bits per heavy atom. The van der Waals surface area contributed by atoms with Crippen molar-refractivity contribution in [2.24, 2.45) is 16.6 Å². The van der Waals surface area contributed by atoms with Crippen LogP contribution in [0, 0.1) is 17.6 Å². The number of hydrogen-bond acceptors (Lipinski definition) is 4. The number of aliphatic imine (C=N–C) groups is 1. The Balaban J connectivity index is 2.78. The molecule has 0 saturated carbocycles. The molecule has 1 heterocycles. The summed E-state index contributed by atoms with van der Waals surface area (Å²) in [6, 6.07) is 1.18. The highest BCUT2D eigenvalue weighted by molar-refractivity contribution is 5.73. The van der Waals surface area contributed by atoms with Gasteiger partial charge in [0.05, 0.1) is 0 Å². The van der Waals surface area contributed by atoms with E-state index in [0.29, 0.717) is 0 Å². The van der Waals surface area contributed by atoms with Gasteiger partial charge in [0.2, 0.25) is 0 Å². The molecule has 0 amide bonds. The summed E-state index contributed by atoms with van der Waals surface area (Å²) < 4.78 is 60.2. The van der Waals surface area contributed by atoms with Gasteiger partial charge in [0, 0.05) is 17.2 Å². The van der Waals surface area contributed by atoms with Crippen molar-refractivity contribution >= 4 is 11.7 Å². The van der Waals surface area contributed by atoms with Crippen LogP contribution < -0.4 is 11.5 Å². The van der Waals surface area contributed by atoms with Gasteiger partial charge in [-0.15, -0.1) is 0 Å². The lowest BCUT2D eigenvalue weighted by molar-refractivity contribution is -0.0366. The highest BCUT2D eigenvalue weighted by atomic mass is 19.3. The van der Waals surface area contributed by atoms with E-state index >= 15 is 0 Å². The lowest BCUT2D eigenvalue weighted by Gasteiger charge is -2.41. The number of benzene rings is 1. The Bertz CT molecular complexity index is 593. The Morgan fingerprint density at radius 1 is 1.24 bits per heavy atom. The third kappa shape index (κ3) is 2.28. The Labute approximate surface area is 118 Å². The van der Waals surface area contributed by atoms with Gasteiger partial charge in [-0.05, 0) is 19.1 Å². The van der Waals surface area contributed by atoms with E-state index in [1.54, 1.807) is 0 Å². The molecule has 2 rings (SSSR count). The molecule has 0 bridgehead atoms. The van der Waals surface area contributed by atoms with Gasteiger partial charge in [-0.2, -0.15) is 0 Å². The van der Waals surface area contributed by atoms with Crippen LogP contribution in [0.3, 0.4) is 0 Å². The zero-order chi connectivity index (χ0) is 15.9. The predicted molar refractivity (Wildman–Crippen MR) is 69.8 cm³/mol. The Hall–Kier alpha value is -1.99. The first-order chi connectivity index (χ1) is 9.70. The number of ether oxygens (including phenoxy) is 1. The van der Waals surface area contributed by atoms with E-state index in [1.807, 2.05) is 0 Å². The van der Waals surface area contributed by atoms with Crippen LogP contribution in [0.2, 0.25) is 0 Å². The zero-order valence-corrected chi connectivity index (χ0v) is 11.4. The molecule has 1 aliphatic rings. The van der Waals surface area contributed by atoms with Crippen molar-refractivity contribution in [1.29, 1.82) is 0 Å². The summed E-state index contributed by atoms with van der Waals surface area (Å²) in [5, 5.41) is 0. The molecule has 1 aliphatic heterocycles. The average molecular weight is 305 g/mol. The smallest absolute Gasteiger partial charge is 0.283 e. The molecular formula is C13H15F4N3O.